The summed E-state index contributed by atoms with van der Waals surface area (Å²) in [6.07, 6.45) is 1.80. The lowest BCUT2D eigenvalue weighted by molar-refractivity contribution is -0.148. The zero-order valence-corrected chi connectivity index (χ0v) is 14.6. The summed E-state index contributed by atoms with van der Waals surface area (Å²) in [5, 5.41) is 2.57. The summed E-state index contributed by atoms with van der Waals surface area (Å²) in [7, 11) is 0. The fourth-order valence-corrected chi connectivity index (χ4v) is 2.72. The van der Waals surface area contributed by atoms with E-state index in [1.54, 1.807) is 6.08 Å². The standard InChI is InChI=1S/C17H15ClFNO3S/c1-10-3-5-13(24-10)6-8-16(21)23-11(2)17(22)20-15-7-4-12(18)9-14(15)19/h3-9,11H,1-2H3,(H,20,22)/b8-6+/t11-/m1/s1. The molecule has 0 unspecified atom stereocenters. The minimum Gasteiger partial charge on any atom is -0.449 e. The first-order chi connectivity index (χ1) is 11.3. The molecule has 2 aromatic rings. The van der Waals surface area contributed by atoms with E-state index >= 15 is 0 Å². The number of rotatable bonds is 5. The van der Waals surface area contributed by atoms with Crippen molar-refractivity contribution < 1.29 is 18.7 Å². The number of nitrogens with one attached hydrogen (secondary N) is 1. The van der Waals surface area contributed by atoms with Gasteiger partial charge in [0, 0.05) is 20.9 Å². The van der Waals surface area contributed by atoms with Crippen molar-refractivity contribution in [2.45, 2.75) is 20.0 Å². The van der Waals surface area contributed by atoms with Crippen molar-refractivity contribution in [2.24, 2.45) is 0 Å². The highest BCUT2D eigenvalue weighted by molar-refractivity contribution is 7.12. The molecule has 0 spiro atoms. The topological polar surface area (TPSA) is 55.4 Å². The van der Waals surface area contributed by atoms with Crippen LogP contribution in [0.2, 0.25) is 5.02 Å². The maximum Gasteiger partial charge on any atom is 0.331 e. The first kappa shape index (κ1) is 18.2. The van der Waals surface area contributed by atoms with Crippen LogP contribution in [0.1, 0.15) is 16.7 Å². The van der Waals surface area contributed by atoms with Crippen molar-refractivity contribution in [2.75, 3.05) is 5.32 Å². The molecule has 0 saturated heterocycles. The number of benzene rings is 1. The number of carbonyl (C=O) groups is 2. The molecule has 1 amide bonds. The Balaban J connectivity index is 1.90. The van der Waals surface area contributed by atoms with E-state index in [-0.39, 0.29) is 10.7 Å². The van der Waals surface area contributed by atoms with Crippen LogP contribution in [0.4, 0.5) is 10.1 Å². The van der Waals surface area contributed by atoms with E-state index in [4.69, 9.17) is 16.3 Å². The molecule has 0 radical (unpaired) electrons. The summed E-state index contributed by atoms with van der Waals surface area (Å²) >= 11 is 7.18. The van der Waals surface area contributed by atoms with Gasteiger partial charge in [-0.1, -0.05) is 11.6 Å². The van der Waals surface area contributed by atoms with Crippen molar-refractivity contribution >= 4 is 46.6 Å². The molecule has 1 aromatic carbocycles. The number of esters is 1. The largest absolute Gasteiger partial charge is 0.449 e. The quantitative estimate of drug-likeness (QED) is 0.628. The second kappa shape index (κ2) is 8.08. The van der Waals surface area contributed by atoms with Gasteiger partial charge in [-0.25, -0.2) is 9.18 Å². The molecule has 7 heteroatoms. The molecule has 126 valence electrons. The summed E-state index contributed by atoms with van der Waals surface area (Å²) in [6, 6.07) is 7.68. The predicted molar refractivity (Wildman–Crippen MR) is 93.7 cm³/mol. The number of amides is 1. The Hall–Kier alpha value is -2.18. The van der Waals surface area contributed by atoms with Gasteiger partial charge in [0.1, 0.15) is 5.82 Å². The number of anilines is 1. The monoisotopic (exact) mass is 367 g/mol. The fraction of sp³-hybridized carbons (Fsp3) is 0.176. The number of hydrogen-bond donors (Lipinski definition) is 1. The lowest BCUT2D eigenvalue weighted by atomic mass is 10.3. The molecule has 1 aromatic heterocycles. The van der Waals surface area contributed by atoms with Crippen LogP contribution in [0.3, 0.4) is 0 Å². The van der Waals surface area contributed by atoms with Gasteiger partial charge in [-0.2, -0.15) is 0 Å². The Bertz CT molecular complexity index is 788. The molecule has 1 heterocycles. The molecule has 0 saturated carbocycles. The summed E-state index contributed by atoms with van der Waals surface area (Å²) in [4.78, 5) is 25.7. The molecular weight excluding hydrogens is 353 g/mol. The van der Waals surface area contributed by atoms with Crippen LogP contribution in [-0.2, 0) is 14.3 Å². The Morgan fingerprint density at radius 2 is 2.08 bits per heavy atom. The van der Waals surface area contributed by atoms with Gasteiger partial charge in [0.2, 0.25) is 0 Å². The van der Waals surface area contributed by atoms with Crippen molar-refractivity contribution in [1.82, 2.24) is 0 Å². The number of halogens is 2. The normalized spacial score (nSPS) is 12.2. The highest BCUT2D eigenvalue weighted by Gasteiger charge is 2.18. The average molecular weight is 368 g/mol. The smallest absolute Gasteiger partial charge is 0.331 e. The van der Waals surface area contributed by atoms with E-state index < -0.39 is 23.8 Å². The van der Waals surface area contributed by atoms with Crippen LogP contribution in [-0.4, -0.2) is 18.0 Å². The zero-order chi connectivity index (χ0) is 17.7. The highest BCUT2D eigenvalue weighted by Crippen LogP contribution is 2.19. The molecule has 0 aliphatic carbocycles. The summed E-state index contributed by atoms with van der Waals surface area (Å²) in [5.74, 6) is -1.95. The maximum absolute atomic E-state index is 13.6. The van der Waals surface area contributed by atoms with E-state index in [0.29, 0.717) is 0 Å². The van der Waals surface area contributed by atoms with Gasteiger partial charge in [0.05, 0.1) is 5.69 Å². The minimum atomic E-state index is -1.07. The Morgan fingerprint density at radius 3 is 2.71 bits per heavy atom. The lowest BCUT2D eigenvalue weighted by Gasteiger charge is -2.12. The third kappa shape index (κ3) is 5.18. The van der Waals surface area contributed by atoms with Gasteiger partial charge in [0.25, 0.3) is 5.91 Å². The van der Waals surface area contributed by atoms with Gasteiger partial charge in [-0.15, -0.1) is 11.3 Å². The second-order valence-electron chi connectivity index (χ2n) is 4.97. The molecule has 0 fully saturated rings. The Labute approximate surface area is 147 Å². The van der Waals surface area contributed by atoms with Crippen molar-refractivity contribution in [3.05, 3.63) is 57.0 Å². The van der Waals surface area contributed by atoms with Crippen molar-refractivity contribution in [1.29, 1.82) is 0 Å². The molecule has 1 N–H and O–H groups in total. The van der Waals surface area contributed by atoms with E-state index in [1.807, 2.05) is 19.1 Å². The van der Waals surface area contributed by atoms with Crippen molar-refractivity contribution in [3.63, 3.8) is 0 Å². The minimum absolute atomic E-state index is 0.0306. The number of hydrogen-bond acceptors (Lipinski definition) is 4. The van der Waals surface area contributed by atoms with E-state index in [1.165, 1.54) is 36.5 Å². The molecular formula is C17H15ClFNO3S. The zero-order valence-electron chi connectivity index (χ0n) is 13.0. The first-order valence-electron chi connectivity index (χ1n) is 7.06. The third-order valence-corrected chi connectivity index (χ3v) is 4.20. The number of aryl methyl sites for hydroxylation is 1. The molecule has 1 atom stereocenters. The van der Waals surface area contributed by atoms with Gasteiger partial charge < -0.3 is 10.1 Å². The second-order valence-corrected chi connectivity index (χ2v) is 6.73. The van der Waals surface area contributed by atoms with Gasteiger partial charge in [0.15, 0.2) is 6.10 Å². The third-order valence-electron chi connectivity index (χ3n) is 3.00. The van der Waals surface area contributed by atoms with E-state index in [9.17, 15) is 14.0 Å². The molecule has 4 nitrogen and oxygen atoms in total. The average Bonchev–Trinajstić information content (AvgIpc) is 2.93. The van der Waals surface area contributed by atoms with Gasteiger partial charge in [-0.05, 0) is 50.3 Å². The first-order valence-corrected chi connectivity index (χ1v) is 8.25. The molecule has 24 heavy (non-hydrogen) atoms. The number of ether oxygens (including phenoxy) is 1. The fourth-order valence-electron chi connectivity index (χ4n) is 1.79. The van der Waals surface area contributed by atoms with Crippen LogP contribution in [0, 0.1) is 12.7 Å². The van der Waals surface area contributed by atoms with Crippen LogP contribution < -0.4 is 5.32 Å². The van der Waals surface area contributed by atoms with Crippen LogP contribution in [0.15, 0.2) is 36.4 Å². The van der Waals surface area contributed by atoms with Gasteiger partial charge >= 0.3 is 5.97 Å². The van der Waals surface area contributed by atoms with E-state index in [0.717, 1.165) is 15.8 Å². The summed E-state index contributed by atoms with van der Waals surface area (Å²) in [6.45, 7) is 3.37. The SMILES string of the molecule is Cc1ccc(/C=C/C(=O)O[C@H](C)C(=O)Nc2ccc(Cl)cc2F)s1. The maximum atomic E-state index is 13.6. The summed E-state index contributed by atoms with van der Waals surface area (Å²) < 4.78 is 18.6. The van der Waals surface area contributed by atoms with Crippen LogP contribution in [0.5, 0.6) is 0 Å². The lowest BCUT2D eigenvalue weighted by Crippen LogP contribution is -2.29. The molecule has 0 aliphatic rings. The van der Waals surface area contributed by atoms with Gasteiger partial charge in [-0.3, -0.25) is 4.79 Å². The predicted octanol–water partition coefficient (Wildman–Crippen LogP) is 4.43. The number of carbonyl (C=O) groups excluding carboxylic acids is 2. The molecule has 2 rings (SSSR count). The van der Waals surface area contributed by atoms with E-state index in [2.05, 4.69) is 5.32 Å². The number of thiophene rings is 1. The highest BCUT2D eigenvalue weighted by atomic mass is 35.5. The summed E-state index contributed by atoms with van der Waals surface area (Å²) in [5.41, 5.74) is -0.0306. The van der Waals surface area contributed by atoms with Crippen LogP contribution in [0.25, 0.3) is 6.08 Å². The van der Waals surface area contributed by atoms with Crippen LogP contribution >= 0.6 is 22.9 Å². The molecule has 0 bridgehead atoms. The van der Waals surface area contributed by atoms with Crippen molar-refractivity contribution in [3.8, 4) is 0 Å². The molecule has 0 aliphatic heterocycles. The Morgan fingerprint density at radius 1 is 1.33 bits per heavy atom. The Kier molecular flexibility index (Phi) is 6.11.